The van der Waals surface area contributed by atoms with E-state index < -0.39 is 11.4 Å². The Morgan fingerprint density at radius 1 is 1.29 bits per heavy atom. The summed E-state index contributed by atoms with van der Waals surface area (Å²) in [5.41, 5.74) is 11.7. The number of ether oxygens (including phenoxy) is 1. The minimum absolute atomic E-state index is 0. The molecule has 1 amide bonds. The molecule has 1 aliphatic carbocycles. The normalized spacial score (nSPS) is 15.5. The first kappa shape index (κ1) is 18.0. The van der Waals surface area contributed by atoms with E-state index in [-0.39, 0.29) is 19.0 Å². The van der Waals surface area contributed by atoms with Gasteiger partial charge in [-0.25, -0.2) is 0 Å². The Kier molecular flexibility index (Phi) is 5.58. The predicted octanol–water partition coefficient (Wildman–Crippen LogP) is 1.86. The summed E-state index contributed by atoms with van der Waals surface area (Å²) in [6.07, 6.45) is 6.46. The lowest BCUT2D eigenvalue weighted by Gasteiger charge is -2.34. The van der Waals surface area contributed by atoms with Crippen molar-refractivity contribution >= 4 is 30.5 Å². The molecule has 1 heterocycles. The fourth-order valence-corrected chi connectivity index (χ4v) is 2.28. The van der Waals surface area contributed by atoms with E-state index in [0.717, 1.165) is 24.8 Å². The van der Waals surface area contributed by atoms with Gasteiger partial charge in [0.05, 0.1) is 5.54 Å². The Hall–Kier alpha value is -2.38. The summed E-state index contributed by atoms with van der Waals surface area (Å²) in [5, 5.41) is 3.95. The van der Waals surface area contributed by atoms with E-state index in [1.165, 1.54) is 0 Å². The van der Waals surface area contributed by atoms with Gasteiger partial charge in [0.15, 0.2) is 12.4 Å². The first-order chi connectivity index (χ1) is 11.0. The standard InChI is InChI=1S/C16H18N4O3.ClH/c17-13(21)10-22-12-5-2-11(3-6-12)4-7-14-19-15(20-23-14)16(18)8-1-9-16;/h2-7H,1,8-10,18H2,(H2,17,21);1H/b7-4+;. The summed E-state index contributed by atoms with van der Waals surface area (Å²) < 4.78 is 10.4. The van der Waals surface area contributed by atoms with Crippen molar-refractivity contribution in [2.75, 3.05) is 6.61 Å². The zero-order valence-electron chi connectivity index (χ0n) is 13.0. The second kappa shape index (κ2) is 7.46. The van der Waals surface area contributed by atoms with Crippen molar-refractivity contribution in [3.63, 3.8) is 0 Å². The highest BCUT2D eigenvalue weighted by Crippen LogP contribution is 2.36. The molecule has 7 nitrogen and oxygen atoms in total. The zero-order valence-corrected chi connectivity index (χ0v) is 13.8. The molecule has 1 aromatic carbocycles. The third-order valence-electron chi connectivity index (χ3n) is 3.81. The molecule has 4 N–H and O–H groups in total. The molecule has 0 spiro atoms. The maximum atomic E-state index is 10.7. The number of nitrogens with two attached hydrogens (primary N) is 2. The average molecular weight is 351 g/mol. The number of benzene rings is 1. The first-order valence-electron chi connectivity index (χ1n) is 7.37. The van der Waals surface area contributed by atoms with Gasteiger partial charge in [0.1, 0.15) is 5.75 Å². The highest BCUT2D eigenvalue weighted by Gasteiger charge is 2.38. The van der Waals surface area contributed by atoms with E-state index in [9.17, 15) is 4.79 Å². The lowest BCUT2D eigenvalue weighted by Crippen LogP contribution is -2.44. The Balaban J connectivity index is 0.00000208. The van der Waals surface area contributed by atoms with Crippen molar-refractivity contribution in [3.05, 3.63) is 41.5 Å². The molecule has 3 rings (SSSR count). The van der Waals surface area contributed by atoms with E-state index in [1.807, 2.05) is 18.2 Å². The minimum atomic E-state index is -0.509. The van der Waals surface area contributed by atoms with Crippen LogP contribution in [0.3, 0.4) is 0 Å². The van der Waals surface area contributed by atoms with Crippen LogP contribution in [0.15, 0.2) is 28.8 Å². The van der Waals surface area contributed by atoms with Crippen LogP contribution in [0.4, 0.5) is 0 Å². The van der Waals surface area contributed by atoms with Gasteiger partial charge >= 0.3 is 0 Å². The molecule has 0 bridgehead atoms. The van der Waals surface area contributed by atoms with Crippen LogP contribution in [0, 0.1) is 0 Å². The highest BCUT2D eigenvalue weighted by molar-refractivity contribution is 5.85. The fourth-order valence-electron chi connectivity index (χ4n) is 2.28. The molecule has 24 heavy (non-hydrogen) atoms. The first-order valence-corrected chi connectivity index (χ1v) is 7.37. The van der Waals surface area contributed by atoms with Crippen LogP contribution in [0.1, 0.15) is 36.5 Å². The van der Waals surface area contributed by atoms with Gasteiger partial charge in [-0.05, 0) is 43.0 Å². The summed E-state index contributed by atoms with van der Waals surface area (Å²) in [4.78, 5) is 15.0. The van der Waals surface area contributed by atoms with Gasteiger partial charge in [0.2, 0.25) is 0 Å². The molecule has 0 unspecified atom stereocenters. The van der Waals surface area contributed by atoms with E-state index >= 15 is 0 Å². The van der Waals surface area contributed by atoms with Crippen LogP contribution in [0.25, 0.3) is 12.2 Å². The molecule has 1 fully saturated rings. The molecule has 1 saturated carbocycles. The second-order valence-corrected chi connectivity index (χ2v) is 5.62. The van der Waals surface area contributed by atoms with E-state index in [2.05, 4.69) is 10.1 Å². The number of primary amides is 1. The Labute approximate surface area is 145 Å². The largest absolute Gasteiger partial charge is 0.484 e. The smallest absolute Gasteiger partial charge is 0.255 e. The second-order valence-electron chi connectivity index (χ2n) is 5.62. The van der Waals surface area contributed by atoms with E-state index in [1.54, 1.807) is 18.2 Å². The third-order valence-corrected chi connectivity index (χ3v) is 3.81. The summed E-state index contributed by atoms with van der Waals surface area (Å²) in [7, 11) is 0. The molecule has 128 valence electrons. The molecule has 0 saturated heterocycles. The molecular formula is C16H19ClN4O3. The molecule has 0 atom stereocenters. The van der Waals surface area contributed by atoms with Gasteiger partial charge in [-0.3, -0.25) is 4.79 Å². The predicted molar refractivity (Wildman–Crippen MR) is 91.3 cm³/mol. The number of hydrogen-bond acceptors (Lipinski definition) is 6. The summed E-state index contributed by atoms with van der Waals surface area (Å²) in [6, 6.07) is 7.21. The zero-order chi connectivity index (χ0) is 16.3. The number of aromatic nitrogens is 2. The number of carbonyl (C=O) groups excluding carboxylic acids is 1. The van der Waals surface area contributed by atoms with Crippen LogP contribution in [-0.4, -0.2) is 22.7 Å². The monoisotopic (exact) mass is 350 g/mol. The van der Waals surface area contributed by atoms with Crippen LogP contribution < -0.4 is 16.2 Å². The van der Waals surface area contributed by atoms with Gasteiger partial charge < -0.3 is 20.7 Å². The number of amides is 1. The van der Waals surface area contributed by atoms with Crippen molar-refractivity contribution in [3.8, 4) is 5.75 Å². The molecule has 8 heteroatoms. The molecule has 0 radical (unpaired) electrons. The SMILES string of the molecule is Cl.NC(=O)COc1ccc(/C=C/c2nc(C3(N)CCC3)no2)cc1. The summed E-state index contributed by atoms with van der Waals surface area (Å²) in [5.74, 6) is 1.06. The average Bonchev–Trinajstić information content (AvgIpc) is 2.99. The summed E-state index contributed by atoms with van der Waals surface area (Å²) >= 11 is 0. The maximum absolute atomic E-state index is 10.7. The van der Waals surface area contributed by atoms with Crippen LogP contribution >= 0.6 is 12.4 Å². The Morgan fingerprint density at radius 3 is 2.58 bits per heavy atom. The Bertz CT molecular complexity index is 723. The molecular weight excluding hydrogens is 332 g/mol. The van der Waals surface area contributed by atoms with Gasteiger partial charge in [-0.2, -0.15) is 4.98 Å². The molecule has 1 aromatic heterocycles. The third kappa shape index (κ3) is 4.12. The van der Waals surface area contributed by atoms with Crippen molar-refractivity contribution in [2.24, 2.45) is 11.5 Å². The maximum Gasteiger partial charge on any atom is 0.255 e. The minimum Gasteiger partial charge on any atom is -0.484 e. The summed E-state index contributed by atoms with van der Waals surface area (Å²) in [6.45, 7) is -0.138. The quantitative estimate of drug-likeness (QED) is 0.821. The topological polar surface area (TPSA) is 117 Å². The highest BCUT2D eigenvalue weighted by atomic mass is 35.5. The van der Waals surface area contributed by atoms with Gasteiger partial charge in [-0.1, -0.05) is 17.3 Å². The molecule has 1 aliphatic rings. The van der Waals surface area contributed by atoms with Crippen LogP contribution in [-0.2, 0) is 10.3 Å². The lowest BCUT2D eigenvalue weighted by atomic mass is 9.77. The van der Waals surface area contributed by atoms with Crippen molar-refractivity contribution in [1.29, 1.82) is 0 Å². The van der Waals surface area contributed by atoms with Gasteiger partial charge in [0, 0.05) is 6.08 Å². The Morgan fingerprint density at radius 2 is 2.00 bits per heavy atom. The number of hydrogen-bond donors (Lipinski definition) is 2. The van der Waals surface area contributed by atoms with Crippen LogP contribution in [0.2, 0.25) is 0 Å². The number of nitrogens with zero attached hydrogens (tertiary/aromatic N) is 2. The van der Waals surface area contributed by atoms with E-state index in [0.29, 0.717) is 17.5 Å². The van der Waals surface area contributed by atoms with Crippen molar-refractivity contribution < 1.29 is 14.1 Å². The fraction of sp³-hybridized carbons (Fsp3) is 0.312. The van der Waals surface area contributed by atoms with Gasteiger partial charge in [-0.15, -0.1) is 12.4 Å². The van der Waals surface area contributed by atoms with Crippen molar-refractivity contribution in [1.82, 2.24) is 10.1 Å². The molecule has 0 aliphatic heterocycles. The van der Waals surface area contributed by atoms with Gasteiger partial charge in [0.25, 0.3) is 11.8 Å². The van der Waals surface area contributed by atoms with E-state index in [4.69, 9.17) is 20.7 Å². The van der Waals surface area contributed by atoms with Crippen molar-refractivity contribution in [2.45, 2.75) is 24.8 Å². The van der Waals surface area contributed by atoms with Crippen LogP contribution in [0.5, 0.6) is 5.75 Å². The number of rotatable bonds is 6. The lowest BCUT2D eigenvalue weighted by molar-refractivity contribution is -0.119. The molecule has 2 aromatic rings. The number of halogens is 1. The number of carbonyl (C=O) groups is 1.